The third kappa shape index (κ3) is 4.70. The average Bonchev–Trinajstić information content (AvgIpc) is 2.87. The minimum atomic E-state index is -0.113. The van der Waals surface area contributed by atoms with Crippen molar-refractivity contribution in [3.63, 3.8) is 0 Å². The Balaban J connectivity index is 1.82. The molecule has 0 aliphatic carbocycles. The van der Waals surface area contributed by atoms with Crippen LogP contribution in [0.2, 0.25) is 5.02 Å². The monoisotopic (exact) mass is 292 g/mol. The molecule has 1 heterocycles. The molecule has 4 heteroatoms. The summed E-state index contributed by atoms with van der Waals surface area (Å²) in [6, 6.07) is 9.60. The van der Waals surface area contributed by atoms with Crippen LogP contribution in [0.25, 0.3) is 0 Å². The van der Waals surface area contributed by atoms with Gasteiger partial charge in [-0.2, -0.15) is 0 Å². The maximum absolute atomic E-state index is 8.62. The molecule has 2 aromatic rings. The van der Waals surface area contributed by atoms with Crippen molar-refractivity contribution in [1.82, 2.24) is 0 Å². The molecule has 0 fully saturated rings. The first-order chi connectivity index (χ1) is 9.28. The zero-order chi connectivity index (χ0) is 13.5. The molecule has 0 saturated heterocycles. The number of aliphatic hydroxyl groups is 1. The SMILES string of the molecule is OCC#Cc1csc(COCc2ccc(Cl)cc2)c1. The van der Waals surface area contributed by atoms with Gasteiger partial charge < -0.3 is 9.84 Å². The zero-order valence-corrected chi connectivity index (χ0v) is 11.8. The van der Waals surface area contributed by atoms with E-state index in [0.717, 1.165) is 21.0 Å². The molecule has 0 bridgehead atoms. The second-order valence-corrected chi connectivity index (χ2v) is 5.31. The van der Waals surface area contributed by atoms with Crippen LogP contribution in [-0.4, -0.2) is 11.7 Å². The lowest BCUT2D eigenvalue weighted by Gasteiger charge is -2.02. The van der Waals surface area contributed by atoms with E-state index in [9.17, 15) is 0 Å². The third-order valence-electron chi connectivity index (χ3n) is 2.39. The van der Waals surface area contributed by atoms with Crippen LogP contribution < -0.4 is 0 Å². The number of hydrogen-bond donors (Lipinski definition) is 1. The minimum Gasteiger partial charge on any atom is -0.384 e. The van der Waals surface area contributed by atoms with Crippen LogP contribution in [0.1, 0.15) is 16.0 Å². The van der Waals surface area contributed by atoms with Gasteiger partial charge in [0.15, 0.2) is 0 Å². The van der Waals surface area contributed by atoms with E-state index in [1.165, 1.54) is 0 Å². The smallest absolute Gasteiger partial charge is 0.104 e. The predicted molar refractivity (Wildman–Crippen MR) is 78.2 cm³/mol. The van der Waals surface area contributed by atoms with Gasteiger partial charge in [0.05, 0.1) is 13.2 Å². The summed E-state index contributed by atoms with van der Waals surface area (Å²) in [4.78, 5) is 1.12. The Kier molecular flexibility index (Phi) is 5.44. The average molecular weight is 293 g/mol. The van der Waals surface area contributed by atoms with Gasteiger partial charge in [-0.15, -0.1) is 11.3 Å². The van der Waals surface area contributed by atoms with Gasteiger partial charge in [-0.25, -0.2) is 0 Å². The number of rotatable bonds is 4. The van der Waals surface area contributed by atoms with Crippen LogP contribution in [0.15, 0.2) is 35.7 Å². The summed E-state index contributed by atoms with van der Waals surface area (Å²) in [5.41, 5.74) is 2.02. The van der Waals surface area contributed by atoms with Gasteiger partial charge in [0, 0.05) is 20.8 Å². The maximum atomic E-state index is 8.62. The second kappa shape index (κ2) is 7.32. The molecule has 0 aliphatic rings. The standard InChI is InChI=1S/C15H13ClO2S/c16-14-5-3-12(4-6-14)9-18-10-15-8-13(11-19-15)2-1-7-17/h3-6,8,11,17H,7,9-10H2. The molecular weight excluding hydrogens is 280 g/mol. The Hall–Kier alpha value is -1.31. The molecule has 98 valence electrons. The third-order valence-corrected chi connectivity index (χ3v) is 3.55. The van der Waals surface area contributed by atoms with E-state index in [-0.39, 0.29) is 6.61 Å². The minimum absolute atomic E-state index is 0.113. The lowest BCUT2D eigenvalue weighted by atomic mass is 10.2. The van der Waals surface area contributed by atoms with Crippen molar-refractivity contribution in [2.24, 2.45) is 0 Å². The van der Waals surface area contributed by atoms with Crippen molar-refractivity contribution in [2.45, 2.75) is 13.2 Å². The molecule has 0 atom stereocenters. The molecule has 1 aromatic heterocycles. The van der Waals surface area contributed by atoms with Crippen LogP contribution in [0.4, 0.5) is 0 Å². The molecule has 2 nitrogen and oxygen atoms in total. The summed E-state index contributed by atoms with van der Waals surface area (Å²) in [5.74, 6) is 5.49. The summed E-state index contributed by atoms with van der Waals surface area (Å²) in [6.45, 7) is 1.01. The number of ether oxygens (including phenoxy) is 1. The van der Waals surface area contributed by atoms with E-state index in [0.29, 0.717) is 13.2 Å². The number of halogens is 1. The largest absolute Gasteiger partial charge is 0.384 e. The normalized spacial score (nSPS) is 10.0. The summed E-state index contributed by atoms with van der Waals surface area (Å²) >= 11 is 7.42. The molecular formula is C15H13ClO2S. The highest BCUT2D eigenvalue weighted by Gasteiger charge is 1.99. The van der Waals surface area contributed by atoms with E-state index in [2.05, 4.69) is 11.8 Å². The molecule has 0 saturated carbocycles. The topological polar surface area (TPSA) is 29.5 Å². The van der Waals surface area contributed by atoms with Gasteiger partial charge in [-0.05, 0) is 23.8 Å². The first-order valence-electron chi connectivity index (χ1n) is 5.77. The van der Waals surface area contributed by atoms with Crippen LogP contribution in [-0.2, 0) is 18.0 Å². The Morgan fingerprint density at radius 1 is 1.21 bits per heavy atom. The van der Waals surface area contributed by atoms with E-state index >= 15 is 0 Å². The first kappa shape index (κ1) is 14.1. The molecule has 0 spiro atoms. The summed E-state index contributed by atoms with van der Waals surface area (Å²) in [5, 5.41) is 11.3. The van der Waals surface area contributed by atoms with Crippen molar-refractivity contribution in [3.05, 3.63) is 56.7 Å². The van der Waals surface area contributed by atoms with Crippen molar-refractivity contribution in [3.8, 4) is 11.8 Å². The summed E-state index contributed by atoms with van der Waals surface area (Å²) in [7, 11) is 0. The highest BCUT2D eigenvalue weighted by Crippen LogP contribution is 2.16. The van der Waals surface area contributed by atoms with Crippen molar-refractivity contribution in [2.75, 3.05) is 6.61 Å². The van der Waals surface area contributed by atoms with Crippen LogP contribution in [0.3, 0.4) is 0 Å². The molecule has 1 N–H and O–H groups in total. The number of benzene rings is 1. The van der Waals surface area contributed by atoms with Crippen LogP contribution >= 0.6 is 22.9 Å². The molecule has 0 radical (unpaired) electrons. The van der Waals surface area contributed by atoms with E-state index in [1.54, 1.807) is 11.3 Å². The fourth-order valence-corrected chi connectivity index (χ4v) is 2.39. The number of thiophene rings is 1. The van der Waals surface area contributed by atoms with Crippen LogP contribution in [0, 0.1) is 11.8 Å². The molecule has 0 amide bonds. The highest BCUT2D eigenvalue weighted by molar-refractivity contribution is 7.10. The summed E-state index contributed by atoms with van der Waals surface area (Å²) in [6.07, 6.45) is 0. The maximum Gasteiger partial charge on any atom is 0.104 e. The predicted octanol–water partition coefficient (Wildman–Crippen LogP) is 3.46. The van der Waals surface area contributed by atoms with Gasteiger partial charge in [-0.3, -0.25) is 0 Å². The van der Waals surface area contributed by atoms with Crippen LogP contribution in [0.5, 0.6) is 0 Å². The van der Waals surface area contributed by atoms with E-state index < -0.39 is 0 Å². The van der Waals surface area contributed by atoms with Gasteiger partial charge in [0.1, 0.15) is 6.61 Å². The fourth-order valence-electron chi connectivity index (χ4n) is 1.51. The first-order valence-corrected chi connectivity index (χ1v) is 7.03. The van der Waals surface area contributed by atoms with Gasteiger partial charge in [0.2, 0.25) is 0 Å². The molecule has 19 heavy (non-hydrogen) atoms. The van der Waals surface area contributed by atoms with Gasteiger partial charge >= 0.3 is 0 Å². The van der Waals surface area contributed by atoms with Gasteiger partial charge in [-0.1, -0.05) is 35.6 Å². The molecule has 1 aromatic carbocycles. The van der Waals surface area contributed by atoms with E-state index in [4.69, 9.17) is 21.4 Å². The quantitative estimate of drug-likeness (QED) is 0.875. The van der Waals surface area contributed by atoms with Crippen molar-refractivity contribution in [1.29, 1.82) is 0 Å². The van der Waals surface area contributed by atoms with E-state index in [1.807, 2.05) is 35.7 Å². The summed E-state index contributed by atoms with van der Waals surface area (Å²) < 4.78 is 5.63. The Bertz CT molecular complexity index is 578. The lowest BCUT2D eigenvalue weighted by Crippen LogP contribution is -1.91. The zero-order valence-electron chi connectivity index (χ0n) is 10.2. The Morgan fingerprint density at radius 2 is 2.00 bits per heavy atom. The van der Waals surface area contributed by atoms with Crippen molar-refractivity contribution < 1.29 is 9.84 Å². The fraction of sp³-hybridized carbons (Fsp3) is 0.200. The number of aliphatic hydroxyl groups excluding tert-OH is 1. The Morgan fingerprint density at radius 3 is 2.74 bits per heavy atom. The molecule has 0 aliphatic heterocycles. The molecule has 0 unspecified atom stereocenters. The van der Waals surface area contributed by atoms with Crippen molar-refractivity contribution >= 4 is 22.9 Å². The number of hydrogen-bond acceptors (Lipinski definition) is 3. The highest BCUT2D eigenvalue weighted by atomic mass is 35.5. The second-order valence-electron chi connectivity index (χ2n) is 3.88. The Labute approximate surface area is 121 Å². The van der Waals surface area contributed by atoms with Gasteiger partial charge in [0.25, 0.3) is 0 Å². The molecule has 2 rings (SSSR count). The lowest BCUT2D eigenvalue weighted by molar-refractivity contribution is 0.109.